The minimum absolute atomic E-state index is 0.209. The molecule has 3 aromatic rings. The SMILES string of the molecule is COc1cc2nc(-c3ccc4c(c3)CN(C3CCC(=O)NC3=O)C4=O)nc(N)c2cc1OC. The van der Waals surface area contributed by atoms with Gasteiger partial charge in [0.2, 0.25) is 11.8 Å². The van der Waals surface area contributed by atoms with Crippen LogP contribution in [0.4, 0.5) is 5.82 Å². The van der Waals surface area contributed by atoms with E-state index in [0.717, 1.165) is 5.56 Å². The summed E-state index contributed by atoms with van der Waals surface area (Å²) in [4.78, 5) is 47.2. The third-order valence-corrected chi connectivity index (χ3v) is 6.01. The number of benzene rings is 2. The number of anilines is 1. The molecule has 1 atom stereocenters. The number of nitrogens with one attached hydrogen (secondary N) is 1. The maximum atomic E-state index is 12.9. The second kappa shape index (κ2) is 7.73. The Hall–Kier alpha value is -4.21. The van der Waals surface area contributed by atoms with Gasteiger partial charge in [-0.2, -0.15) is 0 Å². The zero-order valence-corrected chi connectivity index (χ0v) is 18.0. The van der Waals surface area contributed by atoms with Crippen molar-refractivity contribution in [3.8, 4) is 22.9 Å². The number of imide groups is 1. The second-order valence-corrected chi connectivity index (χ2v) is 7.93. The molecule has 2 aliphatic rings. The predicted octanol–water partition coefficient (Wildman–Crippen LogP) is 1.66. The van der Waals surface area contributed by atoms with Crippen LogP contribution in [0, 0.1) is 0 Å². The molecule has 5 rings (SSSR count). The first-order chi connectivity index (χ1) is 15.9. The summed E-state index contributed by atoms with van der Waals surface area (Å²) in [6, 6.07) is 8.09. The van der Waals surface area contributed by atoms with Crippen LogP contribution >= 0.6 is 0 Å². The Bertz CT molecular complexity index is 1340. The number of aromatic nitrogens is 2. The van der Waals surface area contributed by atoms with Gasteiger partial charge in [-0.3, -0.25) is 19.7 Å². The highest BCUT2D eigenvalue weighted by Crippen LogP contribution is 2.35. The molecule has 33 heavy (non-hydrogen) atoms. The van der Waals surface area contributed by atoms with Crippen molar-refractivity contribution in [3.63, 3.8) is 0 Å². The van der Waals surface area contributed by atoms with Gasteiger partial charge >= 0.3 is 0 Å². The van der Waals surface area contributed by atoms with E-state index < -0.39 is 11.9 Å². The maximum Gasteiger partial charge on any atom is 0.255 e. The minimum atomic E-state index is -0.666. The van der Waals surface area contributed by atoms with E-state index >= 15 is 0 Å². The van der Waals surface area contributed by atoms with Crippen molar-refractivity contribution in [2.24, 2.45) is 0 Å². The lowest BCUT2D eigenvalue weighted by molar-refractivity contribution is -0.136. The van der Waals surface area contributed by atoms with Crippen molar-refractivity contribution in [1.29, 1.82) is 0 Å². The summed E-state index contributed by atoms with van der Waals surface area (Å²) in [6.45, 7) is 0.266. The fourth-order valence-electron chi connectivity index (χ4n) is 4.32. The summed E-state index contributed by atoms with van der Waals surface area (Å²) in [5.41, 5.74) is 8.77. The van der Waals surface area contributed by atoms with E-state index in [4.69, 9.17) is 15.2 Å². The molecule has 168 valence electrons. The summed E-state index contributed by atoms with van der Waals surface area (Å²) >= 11 is 0. The zero-order valence-electron chi connectivity index (χ0n) is 18.0. The largest absolute Gasteiger partial charge is 0.493 e. The highest BCUT2D eigenvalue weighted by molar-refractivity contribution is 6.05. The first-order valence-corrected chi connectivity index (χ1v) is 10.4. The Labute approximate surface area is 188 Å². The van der Waals surface area contributed by atoms with Crippen LogP contribution in [-0.4, -0.2) is 52.9 Å². The molecule has 1 saturated heterocycles. The number of piperidine rings is 1. The van der Waals surface area contributed by atoms with Gasteiger partial charge in [0.15, 0.2) is 17.3 Å². The third kappa shape index (κ3) is 3.39. The topological polar surface area (TPSA) is 137 Å². The Kier molecular flexibility index (Phi) is 4.85. The van der Waals surface area contributed by atoms with Crippen molar-refractivity contribution < 1.29 is 23.9 Å². The molecular weight excluding hydrogens is 426 g/mol. The van der Waals surface area contributed by atoms with Crippen LogP contribution in [0.5, 0.6) is 11.5 Å². The Morgan fingerprint density at radius 3 is 2.55 bits per heavy atom. The number of methoxy groups -OCH3 is 2. The van der Waals surface area contributed by atoms with E-state index in [1.807, 2.05) is 6.07 Å². The van der Waals surface area contributed by atoms with Crippen molar-refractivity contribution in [2.75, 3.05) is 20.0 Å². The van der Waals surface area contributed by atoms with Crippen LogP contribution < -0.4 is 20.5 Å². The van der Waals surface area contributed by atoms with E-state index in [2.05, 4.69) is 15.3 Å². The number of nitrogens with two attached hydrogens (primary N) is 1. The van der Waals surface area contributed by atoms with Gasteiger partial charge < -0.3 is 20.1 Å². The first-order valence-electron chi connectivity index (χ1n) is 10.4. The van der Waals surface area contributed by atoms with Crippen LogP contribution in [0.1, 0.15) is 28.8 Å². The molecule has 3 N–H and O–H groups in total. The first kappa shape index (κ1) is 20.7. The van der Waals surface area contributed by atoms with Gasteiger partial charge in [0.25, 0.3) is 5.91 Å². The lowest BCUT2D eigenvalue weighted by Crippen LogP contribution is -2.52. The smallest absolute Gasteiger partial charge is 0.255 e. The van der Waals surface area contributed by atoms with Gasteiger partial charge in [-0.1, -0.05) is 6.07 Å². The average Bonchev–Trinajstić information content (AvgIpc) is 3.13. The van der Waals surface area contributed by atoms with Crippen LogP contribution in [0.25, 0.3) is 22.3 Å². The van der Waals surface area contributed by atoms with Crippen molar-refractivity contribution in [2.45, 2.75) is 25.4 Å². The zero-order chi connectivity index (χ0) is 23.3. The summed E-state index contributed by atoms with van der Waals surface area (Å²) in [5, 5.41) is 2.94. The van der Waals surface area contributed by atoms with E-state index in [-0.39, 0.29) is 30.6 Å². The number of carbonyl (C=O) groups is 3. The fourth-order valence-corrected chi connectivity index (χ4v) is 4.32. The van der Waals surface area contributed by atoms with E-state index in [1.54, 1.807) is 38.5 Å². The maximum absolute atomic E-state index is 12.9. The van der Waals surface area contributed by atoms with E-state index in [1.165, 1.54) is 4.90 Å². The number of rotatable bonds is 4. The van der Waals surface area contributed by atoms with Crippen LogP contribution in [0.3, 0.4) is 0 Å². The minimum Gasteiger partial charge on any atom is -0.493 e. The quantitative estimate of drug-likeness (QED) is 0.576. The molecule has 0 spiro atoms. The number of hydrogen-bond donors (Lipinski definition) is 2. The molecule has 1 fully saturated rings. The average molecular weight is 447 g/mol. The summed E-state index contributed by atoms with van der Waals surface area (Å²) in [5.74, 6) is 0.748. The van der Waals surface area contributed by atoms with Crippen molar-refractivity contribution in [1.82, 2.24) is 20.2 Å². The molecular formula is C23H21N5O5. The normalized spacial score (nSPS) is 17.8. The fraction of sp³-hybridized carbons (Fsp3) is 0.261. The van der Waals surface area contributed by atoms with Gasteiger partial charge in [0, 0.05) is 35.5 Å². The standard InChI is InChI=1S/C23H21N5O5/c1-32-17-8-14-15(9-18(17)33-2)25-21(27-20(14)24)11-3-4-13-12(7-11)10-28(23(13)31)16-5-6-19(29)26-22(16)30/h3-4,7-9,16H,5-6,10H2,1-2H3,(H2,24,25,27)(H,26,29,30). The molecule has 1 aromatic heterocycles. The lowest BCUT2D eigenvalue weighted by Gasteiger charge is -2.29. The number of nitrogen functional groups attached to an aromatic ring is 1. The lowest BCUT2D eigenvalue weighted by atomic mass is 10.0. The molecule has 0 radical (unpaired) electrons. The molecule has 1 unspecified atom stereocenters. The van der Waals surface area contributed by atoms with Crippen molar-refractivity contribution >= 4 is 34.4 Å². The third-order valence-electron chi connectivity index (χ3n) is 6.01. The summed E-state index contributed by atoms with van der Waals surface area (Å²) in [6.07, 6.45) is 0.521. The molecule has 0 bridgehead atoms. The Morgan fingerprint density at radius 1 is 1.06 bits per heavy atom. The van der Waals surface area contributed by atoms with E-state index in [0.29, 0.717) is 45.8 Å². The summed E-state index contributed by atoms with van der Waals surface area (Å²) < 4.78 is 10.7. The Balaban J connectivity index is 1.50. The van der Waals surface area contributed by atoms with Gasteiger partial charge in [0.1, 0.15) is 11.9 Å². The van der Waals surface area contributed by atoms with Crippen LogP contribution in [0.2, 0.25) is 0 Å². The molecule has 3 amide bonds. The molecule has 2 aliphatic heterocycles. The number of hydrogen-bond acceptors (Lipinski definition) is 8. The number of carbonyl (C=O) groups excluding carboxylic acids is 3. The van der Waals surface area contributed by atoms with Gasteiger partial charge in [0.05, 0.1) is 19.7 Å². The number of nitrogens with zero attached hydrogens (tertiary/aromatic N) is 3. The molecule has 0 aliphatic carbocycles. The van der Waals surface area contributed by atoms with E-state index in [9.17, 15) is 14.4 Å². The highest BCUT2D eigenvalue weighted by atomic mass is 16.5. The number of amides is 3. The molecule has 3 heterocycles. The second-order valence-electron chi connectivity index (χ2n) is 7.93. The van der Waals surface area contributed by atoms with Gasteiger partial charge in [-0.25, -0.2) is 9.97 Å². The molecule has 2 aromatic carbocycles. The number of ether oxygens (including phenoxy) is 2. The Morgan fingerprint density at radius 2 is 1.82 bits per heavy atom. The van der Waals surface area contributed by atoms with Gasteiger partial charge in [-0.15, -0.1) is 0 Å². The molecule has 10 nitrogen and oxygen atoms in total. The highest BCUT2D eigenvalue weighted by Gasteiger charge is 2.39. The predicted molar refractivity (Wildman–Crippen MR) is 119 cm³/mol. The van der Waals surface area contributed by atoms with Crippen LogP contribution in [0.15, 0.2) is 30.3 Å². The monoisotopic (exact) mass is 447 g/mol. The summed E-state index contributed by atoms with van der Waals surface area (Å²) in [7, 11) is 3.08. The number of fused-ring (bicyclic) bond motifs is 2. The molecule has 0 saturated carbocycles. The van der Waals surface area contributed by atoms with Crippen molar-refractivity contribution in [3.05, 3.63) is 41.5 Å². The van der Waals surface area contributed by atoms with Gasteiger partial charge in [-0.05, 0) is 30.2 Å². The van der Waals surface area contributed by atoms with Crippen LogP contribution in [-0.2, 0) is 16.1 Å². The molecule has 10 heteroatoms.